The Labute approximate surface area is 169 Å². The van der Waals surface area contributed by atoms with Crippen molar-refractivity contribution in [3.8, 4) is 28.3 Å². The van der Waals surface area contributed by atoms with Crippen molar-refractivity contribution in [1.29, 1.82) is 0 Å². The number of aromatic nitrogens is 4. The summed E-state index contributed by atoms with van der Waals surface area (Å²) in [6, 6.07) is 11.0. The molecule has 7 nitrogen and oxygen atoms in total. The molecule has 0 radical (unpaired) electrons. The molecule has 0 amide bonds. The first kappa shape index (κ1) is 19.1. The van der Waals surface area contributed by atoms with Crippen LogP contribution in [0.1, 0.15) is 32.1 Å². The van der Waals surface area contributed by atoms with E-state index in [-0.39, 0.29) is 11.3 Å². The first-order chi connectivity index (χ1) is 14.0. The van der Waals surface area contributed by atoms with Crippen molar-refractivity contribution in [3.05, 3.63) is 53.1 Å². The molecule has 2 heterocycles. The lowest BCUT2D eigenvalue weighted by molar-refractivity contribution is 0.425. The molecule has 1 aromatic carbocycles. The summed E-state index contributed by atoms with van der Waals surface area (Å²) in [6.07, 6.45) is 7.71. The number of nitrogens with zero attached hydrogens (tertiary/aromatic N) is 5. The van der Waals surface area contributed by atoms with E-state index in [4.69, 9.17) is 0 Å². The van der Waals surface area contributed by atoms with Gasteiger partial charge in [0.15, 0.2) is 5.82 Å². The van der Waals surface area contributed by atoms with Gasteiger partial charge in [-0.3, -0.25) is 4.79 Å². The van der Waals surface area contributed by atoms with Gasteiger partial charge in [-0.05, 0) is 37.1 Å². The molecule has 0 bridgehead atoms. The topological polar surface area (TPSA) is 84.1 Å². The third kappa shape index (κ3) is 3.99. The lowest BCUT2D eigenvalue weighted by Gasteiger charge is -2.31. The van der Waals surface area contributed by atoms with Crippen molar-refractivity contribution in [1.82, 2.24) is 19.7 Å². The largest absolute Gasteiger partial charge is 0.507 e. The van der Waals surface area contributed by atoms with Crippen LogP contribution in [0, 0.1) is 0 Å². The zero-order chi connectivity index (χ0) is 20.4. The van der Waals surface area contributed by atoms with Crippen molar-refractivity contribution in [2.75, 3.05) is 11.9 Å². The fraction of sp³-hybridized carbons (Fsp3) is 0.364. The molecule has 1 aliphatic rings. The first-order valence-electron chi connectivity index (χ1n) is 9.96. The minimum absolute atomic E-state index is 0.0765. The number of rotatable bonds is 4. The summed E-state index contributed by atoms with van der Waals surface area (Å²) in [4.78, 5) is 18.3. The van der Waals surface area contributed by atoms with Crippen LogP contribution in [0.5, 0.6) is 5.75 Å². The van der Waals surface area contributed by atoms with Gasteiger partial charge in [-0.25, -0.2) is 4.98 Å². The highest BCUT2D eigenvalue weighted by Gasteiger charge is 2.19. The highest BCUT2D eigenvalue weighted by atomic mass is 16.3. The molecule has 1 fully saturated rings. The molecule has 29 heavy (non-hydrogen) atoms. The second-order valence-electron chi connectivity index (χ2n) is 7.63. The third-order valence-electron chi connectivity index (χ3n) is 5.68. The van der Waals surface area contributed by atoms with Crippen LogP contribution in [0.4, 0.5) is 5.82 Å². The molecule has 1 saturated carbocycles. The van der Waals surface area contributed by atoms with Crippen molar-refractivity contribution >= 4 is 5.82 Å². The number of hydrogen-bond acceptors (Lipinski definition) is 6. The van der Waals surface area contributed by atoms with E-state index in [0.29, 0.717) is 28.6 Å². The van der Waals surface area contributed by atoms with Gasteiger partial charge in [-0.1, -0.05) is 25.3 Å². The summed E-state index contributed by atoms with van der Waals surface area (Å²) in [5.74, 6) is 0.925. The van der Waals surface area contributed by atoms with Crippen LogP contribution >= 0.6 is 0 Å². The van der Waals surface area contributed by atoms with Crippen LogP contribution in [-0.4, -0.2) is 37.9 Å². The van der Waals surface area contributed by atoms with Gasteiger partial charge in [0.25, 0.3) is 5.56 Å². The summed E-state index contributed by atoms with van der Waals surface area (Å²) < 4.78 is 1.40. The Kier molecular flexibility index (Phi) is 5.29. The van der Waals surface area contributed by atoms with Crippen LogP contribution in [0.25, 0.3) is 22.5 Å². The van der Waals surface area contributed by atoms with E-state index in [1.807, 2.05) is 18.2 Å². The molecule has 0 unspecified atom stereocenters. The molecule has 0 spiro atoms. The average Bonchev–Trinajstić information content (AvgIpc) is 2.76. The Morgan fingerprint density at radius 2 is 1.83 bits per heavy atom. The maximum atomic E-state index is 11.8. The maximum absolute atomic E-state index is 11.8. The average molecular weight is 391 g/mol. The Balaban J connectivity index is 1.56. The van der Waals surface area contributed by atoms with Gasteiger partial charge in [0, 0.05) is 37.3 Å². The highest BCUT2D eigenvalue weighted by Crippen LogP contribution is 2.32. The van der Waals surface area contributed by atoms with Crippen LogP contribution in [0.2, 0.25) is 0 Å². The summed E-state index contributed by atoms with van der Waals surface area (Å²) >= 11 is 0. The van der Waals surface area contributed by atoms with Gasteiger partial charge in [-0.15, -0.1) is 10.2 Å². The normalized spacial score (nSPS) is 14.7. The molecule has 1 N–H and O–H groups in total. The summed E-state index contributed by atoms with van der Waals surface area (Å²) in [6.45, 7) is 0. The monoisotopic (exact) mass is 391 g/mol. The van der Waals surface area contributed by atoms with E-state index in [1.165, 1.54) is 49.1 Å². The van der Waals surface area contributed by atoms with E-state index < -0.39 is 0 Å². The second-order valence-corrected chi connectivity index (χ2v) is 7.63. The quantitative estimate of drug-likeness (QED) is 0.734. The molecule has 0 aliphatic heterocycles. The number of aryl methyl sites for hydroxylation is 1. The smallest absolute Gasteiger partial charge is 0.253 e. The van der Waals surface area contributed by atoms with E-state index >= 15 is 0 Å². The maximum Gasteiger partial charge on any atom is 0.253 e. The lowest BCUT2D eigenvalue weighted by atomic mass is 9.94. The molecule has 150 valence electrons. The van der Waals surface area contributed by atoms with Gasteiger partial charge in [-0.2, -0.15) is 0 Å². The number of phenols is 1. The molecule has 4 rings (SSSR count). The molecular weight excluding hydrogens is 366 g/mol. The summed E-state index contributed by atoms with van der Waals surface area (Å²) in [7, 11) is 3.72. The molecular formula is C22H25N5O2. The van der Waals surface area contributed by atoms with E-state index in [2.05, 4.69) is 27.1 Å². The Morgan fingerprint density at radius 1 is 1.03 bits per heavy atom. The van der Waals surface area contributed by atoms with Gasteiger partial charge in [0.2, 0.25) is 0 Å². The van der Waals surface area contributed by atoms with Gasteiger partial charge in [0.05, 0.1) is 17.7 Å². The van der Waals surface area contributed by atoms with Crippen molar-refractivity contribution in [2.24, 2.45) is 7.05 Å². The van der Waals surface area contributed by atoms with Crippen LogP contribution < -0.4 is 10.5 Å². The minimum atomic E-state index is -0.151. The van der Waals surface area contributed by atoms with Gasteiger partial charge < -0.3 is 14.6 Å². The second kappa shape index (κ2) is 8.03. The molecule has 1 aliphatic carbocycles. The fourth-order valence-corrected chi connectivity index (χ4v) is 3.84. The van der Waals surface area contributed by atoms with Crippen molar-refractivity contribution < 1.29 is 5.11 Å². The first-order valence-corrected chi connectivity index (χ1v) is 9.96. The Morgan fingerprint density at radius 3 is 2.48 bits per heavy atom. The van der Waals surface area contributed by atoms with Crippen LogP contribution in [0.3, 0.4) is 0 Å². The number of anilines is 1. The van der Waals surface area contributed by atoms with E-state index in [1.54, 1.807) is 19.2 Å². The van der Waals surface area contributed by atoms with E-state index in [0.717, 1.165) is 5.82 Å². The van der Waals surface area contributed by atoms with Crippen LogP contribution in [0.15, 0.2) is 47.5 Å². The van der Waals surface area contributed by atoms with E-state index in [9.17, 15) is 9.90 Å². The predicted molar refractivity (Wildman–Crippen MR) is 113 cm³/mol. The fourth-order valence-electron chi connectivity index (χ4n) is 3.84. The standard InChI is InChI=1S/C22H25N5O2/c1-26-14-23-19(13-22(26)29)15-8-9-17(20(28)12-15)18-10-11-21(25-24-18)27(2)16-6-4-3-5-7-16/h8-14,16,28H,3-7H2,1-2H3. The predicted octanol–water partition coefficient (Wildman–Crippen LogP) is 3.38. The minimum Gasteiger partial charge on any atom is -0.507 e. The molecule has 3 aromatic rings. The lowest BCUT2D eigenvalue weighted by Crippen LogP contribution is -2.34. The summed E-state index contributed by atoms with van der Waals surface area (Å²) in [5, 5.41) is 19.2. The Hall–Kier alpha value is -3.22. The number of benzene rings is 1. The SMILES string of the molecule is CN(c1ccc(-c2ccc(-c3cc(=O)n(C)cn3)cc2O)nn1)C1CCCCC1. The molecule has 2 aromatic heterocycles. The third-order valence-corrected chi connectivity index (χ3v) is 5.68. The van der Waals surface area contributed by atoms with Crippen LogP contribution in [-0.2, 0) is 7.05 Å². The van der Waals surface area contributed by atoms with Crippen molar-refractivity contribution in [3.63, 3.8) is 0 Å². The molecule has 0 atom stereocenters. The number of phenolic OH excluding ortho intramolecular Hbond substituents is 1. The number of aromatic hydroxyl groups is 1. The van der Waals surface area contributed by atoms with Crippen molar-refractivity contribution in [2.45, 2.75) is 38.1 Å². The van der Waals surface area contributed by atoms with Gasteiger partial charge in [0.1, 0.15) is 5.75 Å². The summed E-state index contributed by atoms with van der Waals surface area (Å²) in [5.41, 5.74) is 2.24. The Bertz CT molecular complexity index is 1060. The highest BCUT2D eigenvalue weighted by molar-refractivity contribution is 5.73. The molecule has 0 saturated heterocycles. The number of hydrogen-bond donors (Lipinski definition) is 1. The van der Waals surface area contributed by atoms with Gasteiger partial charge >= 0.3 is 0 Å². The molecule has 7 heteroatoms. The zero-order valence-corrected chi connectivity index (χ0v) is 16.7. The zero-order valence-electron chi connectivity index (χ0n) is 16.7.